The average Bonchev–Trinajstić information content (AvgIpc) is 2.61. The van der Waals surface area contributed by atoms with Crippen LogP contribution in [-0.4, -0.2) is 41.2 Å². The van der Waals surface area contributed by atoms with E-state index in [-0.39, 0.29) is 0 Å². The highest BCUT2D eigenvalue weighted by Gasteiger charge is 2.18. The monoisotopic (exact) mass is 325 g/mol. The molecule has 0 saturated carbocycles. The molecular formula is C20H27N3O. The second kappa shape index (κ2) is 7.41. The number of aromatic nitrogens is 2. The number of morpholine rings is 1. The van der Waals surface area contributed by atoms with E-state index in [4.69, 9.17) is 4.74 Å². The van der Waals surface area contributed by atoms with Gasteiger partial charge in [0.05, 0.1) is 18.9 Å². The summed E-state index contributed by atoms with van der Waals surface area (Å²) in [6.45, 7) is 12.2. The van der Waals surface area contributed by atoms with Crippen LogP contribution in [-0.2, 0) is 4.74 Å². The van der Waals surface area contributed by atoms with Crippen molar-refractivity contribution in [2.45, 2.75) is 39.7 Å². The van der Waals surface area contributed by atoms with Crippen LogP contribution in [0.1, 0.15) is 49.8 Å². The van der Waals surface area contributed by atoms with E-state index in [1.165, 1.54) is 5.56 Å². The zero-order valence-corrected chi connectivity index (χ0v) is 15.1. The highest BCUT2D eigenvalue weighted by Crippen LogP contribution is 2.26. The lowest BCUT2D eigenvalue weighted by molar-refractivity contribution is 0.0198. The molecule has 1 aliphatic rings. The molecule has 2 heterocycles. The summed E-state index contributed by atoms with van der Waals surface area (Å²) < 4.78 is 5.45. The number of hydrogen-bond acceptors (Lipinski definition) is 4. The summed E-state index contributed by atoms with van der Waals surface area (Å²) in [5, 5.41) is 0. The Morgan fingerprint density at radius 2 is 1.67 bits per heavy atom. The van der Waals surface area contributed by atoms with Crippen LogP contribution in [0.25, 0.3) is 11.3 Å². The van der Waals surface area contributed by atoms with Gasteiger partial charge in [-0.2, -0.15) is 0 Å². The molecule has 0 unspecified atom stereocenters. The van der Waals surface area contributed by atoms with Gasteiger partial charge >= 0.3 is 0 Å². The Bertz CT molecular complexity index is 676. The molecular weight excluding hydrogens is 298 g/mol. The van der Waals surface area contributed by atoms with E-state index in [1.807, 2.05) is 6.92 Å². The van der Waals surface area contributed by atoms with Crippen molar-refractivity contribution >= 4 is 0 Å². The molecule has 0 aliphatic carbocycles. The van der Waals surface area contributed by atoms with Gasteiger partial charge in [0.1, 0.15) is 5.82 Å². The fourth-order valence-electron chi connectivity index (χ4n) is 3.14. The fourth-order valence-corrected chi connectivity index (χ4v) is 3.14. The molecule has 1 aromatic heterocycles. The van der Waals surface area contributed by atoms with Crippen LogP contribution >= 0.6 is 0 Å². The van der Waals surface area contributed by atoms with E-state index in [0.29, 0.717) is 12.0 Å². The third kappa shape index (κ3) is 3.82. The maximum Gasteiger partial charge on any atom is 0.126 e. The van der Waals surface area contributed by atoms with Gasteiger partial charge in [-0.3, -0.25) is 4.90 Å². The first-order valence-electron chi connectivity index (χ1n) is 8.82. The maximum absolute atomic E-state index is 5.45. The lowest BCUT2D eigenvalue weighted by Crippen LogP contribution is -2.37. The normalized spacial score (nSPS) is 17.2. The molecule has 1 aliphatic heterocycles. The molecule has 0 amide bonds. The second-order valence-electron chi connectivity index (χ2n) is 6.83. The summed E-state index contributed by atoms with van der Waals surface area (Å²) >= 11 is 0. The van der Waals surface area contributed by atoms with Crippen LogP contribution in [0, 0.1) is 6.92 Å². The maximum atomic E-state index is 5.45. The number of rotatable bonds is 4. The molecule has 128 valence electrons. The number of ether oxygens (including phenoxy) is 1. The van der Waals surface area contributed by atoms with Gasteiger partial charge in [-0.15, -0.1) is 0 Å². The smallest absolute Gasteiger partial charge is 0.126 e. The van der Waals surface area contributed by atoms with Crippen molar-refractivity contribution < 1.29 is 4.74 Å². The van der Waals surface area contributed by atoms with Crippen LogP contribution < -0.4 is 0 Å². The standard InChI is InChI=1S/C20H27N3O/c1-14(2)19-13-20(22-16(4)21-19)18-7-5-17(6-8-18)15(3)23-9-11-24-12-10-23/h5-8,13-15H,9-12H2,1-4H3/t15-/m0/s1. The summed E-state index contributed by atoms with van der Waals surface area (Å²) in [5.74, 6) is 1.24. The lowest BCUT2D eigenvalue weighted by Gasteiger charge is -2.32. The Morgan fingerprint density at radius 1 is 1.00 bits per heavy atom. The number of nitrogens with zero attached hydrogens (tertiary/aromatic N) is 3. The SMILES string of the molecule is Cc1nc(-c2ccc([C@H](C)N3CCOCC3)cc2)cc(C(C)C)n1. The summed E-state index contributed by atoms with van der Waals surface area (Å²) in [5.41, 5.74) is 4.61. The Hall–Kier alpha value is -1.78. The van der Waals surface area contributed by atoms with Gasteiger partial charge in [0.25, 0.3) is 0 Å². The molecule has 0 radical (unpaired) electrons. The van der Waals surface area contributed by atoms with Crippen LogP contribution in [0.3, 0.4) is 0 Å². The van der Waals surface area contributed by atoms with E-state index in [2.05, 4.69) is 66.0 Å². The topological polar surface area (TPSA) is 38.2 Å². The van der Waals surface area contributed by atoms with Crippen molar-refractivity contribution in [3.05, 3.63) is 47.4 Å². The lowest BCUT2D eigenvalue weighted by atomic mass is 10.0. The fraction of sp³-hybridized carbons (Fsp3) is 0.500. The first-order chi connectivity index (χ1) is 11.5. The van der Waals surface area contributed by atoms with Crippen LogP contribution in [0.5, 0.6) is 0 Å². The molecule has 2 aromatic rings. The molecule has 1 aromatic carbocycles. The van der Waals surface area contributed by atoms with Crippen molar-refractivity contribution in [2.75, 3.05) is 26.3 Å². The Balaban J connectivity index is 1.81. The van der Waals surface area contributed by atoms with E-state index in [1.54, 1.807) is 0 Å². The zero-order chi connectivity index (χ0) is 17.1. The molecule has 24 heavy (non-hydrogen) atoms. The molecule has 0 N–H and O–H groups in total. The van der Waals surface area contributed by atoms with Gasteiger partial charge in [0, 0.05) is 30.4 Å². The first kappa shape index (κ1) is 17.1. The number of hydrogen-bond donors (Lipinski definition) is 0. The second-order valence-corrected chi connectivity index (χ2v) is 6.83. The summed E-state index contributed by atoms with van der Waals surface area (Å²) in [6, 6.07) is 11.3. The van der Waals surface area contributed by atoms with Crippen molar-refractivity contribution in [3.63, 3.8) is 0 Å². The Morgan fingerprint density at radius 3 is 2.29 bits per heavy atom. The van der Waals surface area contributed by atoms with Crippen molar-refractivity contribution in [1.82, 2.24) is 14.9 Å². The van der Waals surface area contributed by atoms with E-state index in [0.717, 1.165) is 49.1 Å². The quantitative estimate of drug-likeness (QED) is 0.852. The highest BCUT2D eigenvalue weighted by atomic mass is 16.5. The van der Waals surface area contributed by atoms with Gasteiger partial charge in [-0.25, -0.2) is 9.97 Å². The number of aryl methyl sites for hydroxylation is 1. The van der Waals surface area contributed by atoms with Crippen LogP contribution in [0.15, 0.2) is 30.3 Å². The molecule has 4 nitrogen and oxygen atoms in total. The van der Waals surface area contributed by atoms with Gasteiger partial charge in [0.2, 0.25) is 0 Å². The van der Waals surface area contributed by atoms with E-state index < -0.39 is 0 Å². The predicted octanol–water partition coefficient (Wildman–Crippen LogP) is 3.97. The summed E-state index contributed by atoms with van der Waals surface area (Å²) in [7, 11) is 0. The molecule has 3 rings (SSSR count). The van der Waals surface area contributed by atoms with E-state index in [9.17, 15) is 0 Å². The van der Waals surface area contributed by atoms with Crippen molar-refractivity contribution in [2.24, 2.45) is 0 Å². The highest BCUT2D eigenvalue weighted by molar-refractivity contribution is 5.60. The average molecular weight is 325 g/mol. The minimum Gasteiger partial charge on any atom is -0.379 e. The Kier molecular flexibility index (Phi) is 5.27. The first-order valence-corrected chi connectivity index (χ1v) is 8.82. The van der Waals surface area contributed by atoms with Crippen LogP contribution in [0.4, 0.5) is 0 Å². The van der Waals surface area contributed by atoms with E-state index >= 15 is 0 Å². The molecule has 1 fully saturated rings. The molecule has 1 saturated heterocycles. The largest absolute Gasteiger partial charge is 0.379 e. The van der Waals surface area contributed by atoms with Gasteiger partial charge in [0.15, 0.2) is 0 Å². The van der Waals surface area contributed by atoms with Crippen LogP contribution in [0.2, 0.25) is 0 Å². The van der Waals surface area contributed by atoms with Crippen molar-refractivity contribution in [3.8, 4) is 11.3 Å². The predicted molar refractivity (Wildman–Crippen MR) is 97.1 cm³/mol. The summed E-state index contributed by atoms with van der Waals surface area (Å²) in [6.07, 6.45) is 0. The molecule has 4 heteroatoms. The third-order valence-corrected chi connectivity index (χ3v) is 4.73. The van der Waals surface area contributed by atoms with Gasteiger partial charge in [-0.1, -0.05) is 38.1 Å². The summed E-state index contributed by atoms with van der Waals surface area (Å²) in [4.78, 5) is 11.6. The van der Waals surface area contributed by atoms with Gasteiger partial charge < -0.3 is 4.74 Å². The number of benzene rings is 1. The third-order valence-electron chi connectivity index (χ3n) is 4.73. The molecule has 1 atom stereocenters. The zero-order valence-electron chi connectivity index (χ0n) is 15.1. The molecule has 0 spiro atoms. The van der Waals surface area contributed by atoms with Gasteiger partial charge in [-0.05, 0) is 31.4 Å². The Labute approximate surface area is 144 Å². The minimum atomic E-state index is 0.408. The molecule has 0 bridgehead atoms. The minimum absolute atomic E-state index is 0.408. The van der Waals surface area contributed by atoms with Crippen molar-refractivity contribution in [1.29, 1.82) is 0 Å².